The van der Waals surface area contributed by atoms with E-state index in [0.29, 0.717) is 18.2 Å². The molecule has 0 atom stereocenters. The molecule has 6 nitrogen and oxygen atoms in total. The molecular weight excluding hydrogens is 338 g/mol. The molecule has 27 heavy (non-hydrogen) atoms. The van der Waals surface area contributed by atoms with Crippen molar-refractivity contribution < 1.29 is 4.79 Å². The number of rotatable bonds is 5. The Morgan fingerprint density at radius 3 is 2.33 bits per heavy atom. The lowest BCUT2D eigenvalue weighted by atomic mass is 9.95. The topological polar surface area (TPSA) is 64.3 Å². The van der Waals surface area contributed by atoms with Crippen molar-refractivity contribution in [3.63, 3.8) is 0 Å². The van der Waals surface area contributed by atoms with Crippen LogP contribution in [0.5, 0.6) is 0 Å². The molecule has 0 radical (unpaired) electrons. The third kappa shape index (κ3) is 4.36. The zero-order valence-corrected chi connectivity index (χ0v) is 17.1. The van der Waals surface area contributed by atoms with Crippen LogP contribution in [0.1, 0.15) is 61.9 Å². The molecule has 2 aliphatic rings. The molecule has 148 valence electrons. The normalized spacial score (nSPS) is 19.8. The molecule has 2 fully saturated rings. The Kier molecular flexibility index (Phi) is 6.56. The molecule has 1 aromatic rings. The van der Waals surface area contributed by atoms with Crippen LogP contribution in [-0.4, -0.2) is 59.5 Å². The molecule has 1 saturated heterocycles. The summed E-state index contributed by atoms with van der Waals surface area (Å²) in [6, 6.07) is 2.72. The van der Waals surface area contributed by atoms with Crippen molar-refractivity contribution in [2.45, 2.75) is 58.9 Å². The molecule has 6 heteroatoms. The van der Waals surface area contributed by atoms with Crippen molar-refractivity contribution in [2.75, 3.05) is 44.6 Å². The first-order valence-electron chi connectivity index (χ1n) is 10.4. The number of likely N-dealkylation sites (N-methyl/N-ethyl adjacent to an activating group) is 1. The van der Waals surface area contributed by atoms with Crippen LogP contribution in [0.25, 0.3) is 0 Å². The third-order valence-electron chi connectivity index (χ3n) is 6.35. The van der Waals surface area contributed by atoms with E-state index in [1.165, 1.54) is 19.3 Å². The minimum absolute atomic E-state index is 0.00833. The summed E-state index contributed by atoms with van der Waals surface area (Å²) in [5.74, 6) is 0.711. The van der Waals surface area contributed by atoms with E-state index in [4.69, 9.17) is 0 Å². The molecule has 0 bridgehead atoms. The van der Waals surface area contributed by atoms with E-state index in [9.17, 15) is 10.1 Å². The zero-order chi connectivity index (χ0) is 19.4. The molecule has 1 aromatic heterocycles. The minimum atomic E-state index is -0.00833. The van der Waals surface area contributed by atoms with Crippen LogP contribution in [0.4, 0.5) is 5.82 Å². The number of carbonyl (C=O) groups excluding carboxylic acids is 1. The van der Waals surface area contributed by atoms with Gasteiger partial charge in [-0.15, -0.1) is 0 Å². The molecule has 0 aromatic carbocycles. The molecule has 1 amide bonds. The highest BCUT2D eigenvalue weighted by molar-refractivity contribution is 5.93. The first kappa shape index (κ1) is 19.9. The highest BCUT2D eigenvalue weighted by Crippen LogP contribution is 2.36. The predicted octanol–water partition coefficient (Wildman–Crippen LogP) is 3.06. The molecule has 0 spiro atoms. The summed E-state index contributed by atoms with van der Waals surface area (Å²) in [6.45, 7) is 11.6. The second-order valence-electron chi connectivity index (χ2n) is 7.97. The molecular formula is C21H33N5O. The number of nitrogens with zero attached hydrogens (tertiary/aromatic N) is 4. The SMILES string of the molecule is CCN1CCN(CC(=O)Nc2c(C#N)c(C)c(C)n2C2CCCCC2)CC1. The van der Waals surface area contributed by atoms with Crippen LogP contribution in [0.2, 0.25) is 0 Å². The van der Waals surface area contributed by atoms with Crippen LogP contribution in [0, 0.1) is 25.2 Å². The summed E-state index contributed by atoms with van der Waals surface area (Å²) < 4.78 is 2.24. The molecule has 1 aliphatic carbocycles. The van der Waals surface area contributed by atoms with Gasteiger partial charge in [-0.1, -0.05) is 26.2 Å². The summed E-state index contributed by atoms with van der Waals surface area (Å²) in [7, 11) is 0. The minimum Gasteiger partial charge on any atom is -0.327 e. The van der Waals surface area contributed by atoms with Crippen molar-refractivity contribution >= 4 is 11.7 Å². The predicted molar refractivity (Wildman–Crippen MR) is 108 cm³/mol. The van der Waals surface area contributed by atoms with Gasteiger partial charge in [-0.05, 0) is 38.8 Å². The van der Waals surface area contributed by atoms with Crippen LogP contribution < -0.4 is 5.32 Å². The molecule has 3 rings (SSSR count). The summed E-state index contributed by atoms with van der Waals surface area (Å²) in [5.41, 5.74) is 2.74. The number of carbonyl (C=O) groups is 1. The summed E-state index contributed by atoms with van der Waals surface area (Å²) in [4.78, 5) is 17.4. The van der Waals surface area contributed by atoms with Gasteiger partial charge in [0.05, 0.1) is 12.1 Å². The summed E-state index contributed by atoms with van der Waals surface area (Å²) >= 11 is 0. The van der Waals surface area contributed by atoms with Crippen molar-refractivity contribution in [2.24, 2.45) is 0 Å². The fourth-order valence-corrected chi connectivity index (χ4v) is 4.52. The van der Waals surface area contributed by atoms with Crippen molar-refractivity contribution in [3.8, 4) is 6.07 Å². The monoisotopic (exact) mass is 371 g/mol. The zero-order valence-electron chi connectivity index (χ0n) is 17.1. The lowest BCUT2D eigenvalue weighted by Crippen LogP contribution is -2.48. The van der Waals surface area contributed by atoms with Crippen molar-refractivity contribution in [1.29, 1.82) is 5.26 Å². The highest BCUT2D eigenvalue weighted by Gasteiger charge is 2.26. The van der Waals surface area contributed by atoms with Gasteiger partial charge in [0, 0.05) is 37.9 Å². The second-order valence-corrected chi connectivity index (χ2v) is 7.97. The van der Waals surface area contributed by atoms with E-state index in [0.717, 1.165) is 62.6 Å². The summed E-state index contributed by atoms with van der Waals surface area (Å²) in [5, 5.41) is 12.8. The van der Waals surface area contributed by atoms with E-state index in [1.54, 1.807) is 0 Å². The van der Waals surface area contributed by atoms with Crippen LogP contribution in [0.15, 0.2) is 0 Å². The van der Waals surface area contributed by atoms with Crippen LogP contribution >= 0.6 is 0 Å². The maximum absolute atomic E-state index is 12.8. The first-order valence-corrected chi connectivity index (χ1v) is 10.4. The Hall–Kier alpha value is -1.84. The van der Waals surface area contributed by atoms with E-state index in [-0.39, 0.29) is 5.91 Å². The fourth-order valence-electron chi connectivity index (χ4n) is 4.52. The van der Waals surface area contributed by atoms with Crippen molar-refractivity contribution in [1.82, 2.24) is 14.4 Å². The largest absolute Gasteiger partial charge is 0.327 e. The molecule has 2 heterocycles. The average Bonchev–Trinajstić information content (AvgIpc) is 2.92. The fraction of sp³-hybridized carbons (Fsp3) is 0.714. The third-order valence-corrected chi connectivity index (χ3v) is 6.35. The maximum atomic E-state index is 12.8. The quantitative estimate of drug-likeness (QED) is 0.864. The van der Waals surface area contributed by atoms with Gasteiger partial charge in [-0.2, -0.15) is 5.26 Å². The lowest BCUT2D eigenvalue weighted by Gasteiger charge is -2.33. The van der Waals surface area contributed by atoms with E-state index in [1.807, 2.05) is 6.92 Å². The van der Waals surface area contributed by atoms with Gasteiger partial charge in [0.25, 0.3) is 0 Å². The number of piperazine rings is 1. The van der Waals surface area contributed by atoms with Crippen LogP contribution in [-0.2, 0) is 4.79 Å². The smallest absolute Gasteiger partial charge is 0.239 e. The molecule has 1 saturated carbocycles. The number of hydrogen-bond donors (Lipinski definition) is 1. The van der Waals surface area contributed by atoms with Gasteiger partial charge < -0.3 is 14.8 Å². The standard InChI is InChI=1S/C21H33N5O/c1-4-24-10-12-25(13-11-24)15-20(27)23-21-19(14-22)16(2)17(3)26(21)18-8-6-5-7-9-18/h18H,4-13,15H2,1-3H3,(H,23,27). The number of amides is 1. The molecule has 1 N–H and O–H groups in total. The van der Waals surface area contributed by atoms with E-state index < -0.39 is 0 Å². The first-order chi connectivity index (χ1) is 13.0. The number of hydrogen-bond acceptors (Lipinski definition) is 4. The Morgan fingerprint density at radius 1 is 1.11 bits per heavy atom. The van der Waals surface area contributed by atoms with Gasteiger partial charge in [-0.3, -0.25) is 9.69 Å². The molecule has 0 unspecified atom stereocenters. The average molecular weight is 372 g/mol. The highest BCUT2D eigenvalue weighted by atomic mass is 16.2. The Balaban J connectivity index is 1.74. The van der Waals surface area contributed by atoms with Gasteiger partial charge in [0.2, 0.25) is 5.91 Å². The van der Waals surface area contributed by atoms with E-state index in [2.05, 4.69) is 39.6 Å². The number of nitrogens with one attached hydrogen (secondary N) is 1. The van der Waals surface area contributed by atoms with E-state index >= 15 is 0 Å². The maximum Gasteiger partial charge on any atom is 0.239 e. The molecule has 1 aliphatic heterocycles. The van der Waals surface area contributed by atoms with Crippen LogP contribution in [0.3, 0.4) is 0 Å². The van der Waals surface area contributed by atoms with Crippen molar-refractivity contribution in [3.05, 3.63) is 16.8 Å². The van der Waals surface area contributed by atoms with Gasteiger partial charge in [0.1, 0.15) is 11.9 Å². The second kappa shape index (κ2) is 8.90. The Bertz CT molecular complexity index is 703. The lowest BCUT2D eigenvalue weighted by molar-refractivity contribution is -0.117. The van der Waals surface area contributed by atoms with Gasteiger partial charge in [0.15, 0.2) is 0 Å². The van der Waals surface area contributed by atoms with Gasteiger partial charge >= 0.3 is 0 Å². The summed E-state index contributed by atoms with van der Waals surface area (Å²) in [6.07, 6.45) is 5.98. The number of nitriles is 1. The Labute approximate surface area is 163 Å². The number of anilines is 1. The Morgan fingerprint density at radius 2 is 1.74 bits per heavy atom. The van der Waals surface area contributed by atoms with Gasteiger partial charge in [-0.25, -0.2) is 0 Å². The number of aromatic nitrogens is 1.